The highest BCUT2D eigenvalue weighted by atomic mass is 16.7. The van der Waals surface area contributed by atoms with Gasteiger partial charge in [-0.2, -0.15) is 0 Å². The predicted molar refractivity (Wildman–Crippen MR) is 155 cm³/mol. The third kappa shape index (κ3) is 11.4. The van der Waals surface area contributed by atoms with E-state index in [1.807, 2.05) is 20.8 Å². The van der Waals surface area contributed by atoms with Gasteiger partial charge in [0.15, 0.2) is 24.5 Å². The van der Waals surface area contributed by atoms with E-state index in [-0.39, 0.29) is 12.0 Å². The van der Waals surface area contributed by atoms with Crippen LogP contribution in [0.25, 0.3) is 0 Å². The largest absolute Gasteiger partial charge is 0.462 e. The molecule has 1 saturated heterocycles. The molecule has 0 unspecified atom stereocenters. The Morgan fingerprint density at radius 1 is 0.585 bits per heavy atom. The molecule has 0 amide bonds. The Morgan fingerprint density at radius 3 is 1.32 bits per heavy atom. The van der Waals surface area contributed by atoms with Crippen molar-refractivity contribution in [3.8, 4) is 0 Å². The molecular weight excluding hydrogens is 530 g/mol. The summed E-state index contributed by atoms with van der Waals surface area (Å²) in [6.45, 7) is 25.8. The van der Waals surface area contributed by atoms with Crippen molar-refractivity contribution in [2.24, 2.45) is 32.1 Å². The molecular formula is C31H53NO9. The van der Waals surface area contributed by atoms with Crippen molar-refractivity contribution >= 4 is 30.1 Å². The topological polar surface area (TPSA) is 127 Å². The standard InChI is InChI=1S/C31H53NO9/c1-27(2,3)17-32-22-21(41-26(36)31(13,14)15)20(40-25(35)30(10,11)12)19(39-24(34)29(7,8)9)18(38-22)16-37-23(33)28(4,5)6/h17-22H,16H2,1-15H3/b32-17+/t18-,19+,20+,21-,22-/m1/s1. The molecule has 5 atom stereocenters. The molecule has 0 aromatic heterocycles. The second-order valence-electron chi connectivity index (χ2n) is 15.9. The minimum Gasteiger partial charge on any atom is -0.462 e. The van der Waals surface area contributed by atoms with Crippen molar-refractivity contribution in [2.75, 3.05) is 6.61 Å². The molecule has 1 fully saturated rings. The Kier molecular flexibility index (Phi) is 11.4. The number of hydrogen-bond acceptors (Lipinski definition) is 10. The molecule has 1 rings (SSSR count). The molecule has 1 aliphatic rings. The maximum absolute atomic E-state index is 13.2. The van der Waals surface area contributed by atoms with Gasteiger partial charge >= 0.3 is 23.9 Å². The van der Waals surface area contributed by atoms with Gasteiger partial charge < -0.3 is 23.7 Å². The van der Waals surface area contributed by atoms with Crippen LogP contribution in [-0.4, -0.2) is 67.3 Å². The first kappa shape index (κ1) is 36.5. The molecule has 0 N–H and O–H groups in total. The van der Waals surface area contributed by atoms with Crippen molar-refractivity contribution in [1.82, 2.24) is 0 Å². The summed E-state index contributed by atoms with van der Waals surface area (Å²) in [5.41, 5.74) is -3.95. The molecule has 0 aromatic rings. The molecule has 41 heavy (non-hydrogen) atoms. The Morgan fingerprint density at radius 2 is 0.951 bits per heavy atom. The number of carbonyl (C=O) groups is 4. The van der Waals surface area contributed by atoms with Crippen LogP contribution in [0.3, 0.4) is 0 Å². The first-order valence-corrected chi connectivity index (χ1v) is 14.1. The van der Waals surface area contributed by atoms with Crippen molar-refractivity contribution in [2.45, 2.75) is 134 Å². The van der Waals surface area contributed by atoms with E-state index >= 15 is 0 Å². The number of carbonyl (C=O) groups excluding carboxylic acids is 4. The van der Waals surface area contributed by atoms with E-state index in [9.17, 15) is 19.2 Å². The maximum Gasteiger partial charge on any atom is 0.311 e. The van der Waals surface area contributed by atoms with Crippen molar-refractivity contribution in [3.63, 3.8) is 0 Å². The summed E-state index contributed by atoms with van der Waals surface area (Å²) in [6, 6.07) is 0. The first-order chi connectivity index (χ1) is 18.1. The second kappa shape index (κ2) is 12.8. The molecule has 10 nitrogen and oxygen atoms in total. The molecule has 0 saturated carbocycles. The lowest BCUT2D eigenvalue weighted by Crippen LogP contribution is -2.63. The Hall–Kier alpha value is -2.49. The highest BCUT2D eigenvalue weighted by Gasteiger charge is 2.54. The molecule has 1 aliphatic heterocycles. The summed E-state index contributed by atoms with van der Waals surface area (Å²) in [4.78, 5) is 56.8. The fourth-order valence-corrected chi connectivity index (χ4v) is 3.12. The third-order valence-electron chi connectivity index (χ3n) is 5.78. The lowest BCUT2D eigenvalue weighted by Gasteiger charge is -2.45. The highest BCUT2D eigenvalue weighted by Crippen LogP contribution is 2.34. The van der Waals surface area contributed by atoms with E-state index in [2.05, 4.69) is 4.99 Å². The van der Waals surface area contributed by atoms with Crippen LogP contribution in [0.15, 0.2) is 4.99 Å². The molecule has 10 heteroatoms. The van der Waals surface area contributed by atoms with Gasteiger partial charge in [0.05, 0.1) is 21.7 Å². The van der Waals surface area contributed by atoms with Crippen LogP contribution >= 0.6 is 0 Å². The number of esters is 4. The summed E-state index contributed by atoms with van der Waals surface area (Å²) in [5.74, 6) is -2.30. The molecule has 236 valence electrons. The van der Waals surface area contributed by atoms with Gasteiger partial charge in [-0.3, -0.25) is 24.2 Å². The first-order valence-electron chi connectivity index (χ1n) is 14.1. The smallest absolute Gasteiger partial charge is 0.311 e. The van der Waals surface area contributed by atoms with Gasteiger partial charge in [0.1, 0.15) is 12.7 Å². The Balaban J connectivity index is 3.80. The minimum absolute atomic E-state index is 0.316. The summed E-state index contributed by atoms with van der Waals surface area (Å²) in [5, 5.41) is 0. The zero-order valence-corrected chi connectivity index (χ0v) is 27.8. The molecule has 0 radical (unpaired) electrons. The maximum atomic E-state index is 13.2. The van der Waals surface area contributed by atoms with E-state index < -0.39 is 76.2 Å². The van der Waals surface area contributed by atoms with Gasteiger partial charge in [0.2, 0.25) is 0 Å². The van der Waals surface area contributed by atoms with Crippen molar-refractivity contribution in [1.29, 1.82) is 0 Å². The van der Waals surface area contributed by atoms with E-state index in [0.29, 0.717) is 0 Å². The van der Waals surface area contributed by atoms with E-state index in [1.54, 1.807) is 89.3 Å². The fraction of sp³-hybridized carbons (Fsp3) is 0.839. The van der Waals surface area contributed by atoms with Crippen LogP contribution in [0.1, 0.15) is 104 Å². The van der Waals surface area contributed by atoms with Gasteiger partial charge in [0, 0.05) is 6.21 Å². The second-order valence-corrected chi connectivity index (χ2v) is 15.9. The zero-order valence-electron chi connectivity index (χ0n) is 27.8. The van der Waals surface area contributed by atoms with Crippen LogP contribution in [0, 0.1) is 27.1 Å². The molecule has 1 heterocycles. The summed E-state index contributed by atoms with van der Waals surface area (Å²) < 4.78 is 29.7. The Bertz CT molecular complexity index is 982. The number of rotatable bonds is 6. The number of ether oxygens (including phenoxy) is 5. The van der Waals surface area contributed by atoms with Gasteiger partial charge in [-0.25, -0.2) is 0 Å². The van der Waals surface area contributed by atoms with Gasteiger partial charge in [-0.15, -0.1) is 0 Å². The normalized spacial score (nSPS) is 24.5. The van der Waals surface area contributed by atoms with Crippen LogP contribution in [0.5, 0.6) is 0 Å². The van der Waals surface area contributed by atoms with E-state index in [0.717, 1.165) is 0 Å². The van der Waals surface area contributed by atoms with Gasteiger partial charge in [0.25, 0.3) is 0 Å². The van der Waals surface area contributed by atoms with Crippen LogP contribution in [0.2, 0.25) is 0 Å². The minimum atomic E-state index is -1.31. The van der Waals surface area contributed by atoms with Crippen LogP contribution in [-0.2, 0) is 42.9 Å². The quantitative estimate of drug-likeness (QED) is 0.233. The van der Waals surface area contributed by atoms with Crippen molar-refractivity contribution in [3.05, 3.63) is 0 Å². The van der Waals surface area contributed by atoms with Crippen LogP contribution in [0.4, 0.5) is 0 Å². The molecule has 0 aromatic carbocycles. The molecule has 0 aliphatic carbocycles. The highest BCUT2D eigenvalue weighted by molar-refractivity contribution is 5.78. The van der Waals surface area contributed by atoms with Gasteiger partial charge in [-0.1, -0.05) is 20.8 Å². The average Bonchev–Trinajstić information content (AvgIpc) is 2.75. The number of nitrogens with zero attached hydrogens (tertiary/aromatic N) is 1. The zero-order chi connectivity index (χ0) is 32.4. The van der Waals surface area contributed by atoms with E-state index in [1.165, 1.54) is 0 Å². The molecule has 0 spiro atoms. The van der Waals surface area contributed by atoms with Crippen LogP contribution < -0.4 is 0 Å². The number of aliphatic imine (C=N–C) groups is 1. The monoisotopic (exact) mass is 583 g/mol. The predicted octanol–water partition coefficient (Wildman–Crippen LogP) is 5.29. The van der Waals surface area contributed by atoms with Crippen molar-refractivity contribution < 1.29 is 42.9 Å². The van der Waals surface area contributed by atoms with Gasteiger partial charge in [-0.05, 0) is 88.5 Å². The lowest BCUT2D eigenvalue weighted by atomic mass is 9.92. The summed E-state index contributed by atoms with van der Waals surface area (Å²) in [6.07, 6.45) is -4.44. The lowest BCUT2D eigenvalue weighted by molar-refractivity contribution is -0.258. The fourth-order valence-electron chi connectivity index (χ4n) is 3.12. The average molecular weight is 584 g/mol. The SMILES string of the molecule is CC(C)(C)/C=N/[C@@H]1O[C@H](COC(=O)C(C)(C)C)[C@H](OC(=O)C(C)(C)C)[C@H](OC(=O)C(C)(C)C)[C@H]1OC(=O)C(C)(C)C. The summed E-state index contributed by atoms with van der Waals surface area (Å²) in [7, 11) is 0. The Labute approximate surface area is 246 Å². The summed E-state index contributed by atoms with van der Waals surface area (Å²) >= 11 is 0. The molecule has 0 bridgehead atoms. The van der Waals surface area contributed by atoms with E-state index in [4.69, 9.17) is 23.7 Å². The third-order valence-corrected chi connectivity index (χ3v) is 5.78. The number of hydrogen-bond donors (Lipinski definition) is 0.